The Kier molecular flexibility index (Phi) is 5.19. The molecular weight excluding hydrogens is 276 g/mol. The fourth-order valence-corrected chi connectivity index (χ4v) is 2.67. The van der Waals surface area contributed by atoms with Crippen molar-refractivity contribution in [2.24, 2.45) is 0 Å². The van der Waals surface area contributed by atoms with Crippen LogP contribution >= 0.6 is 27.7 Å². The van der Waals surface area contributed by atoms with Crippen molar-refractivity contribution >= 4 is 33.7 Å². The van der Waals surface area contributed by atoms with E-state index in [1.807, 2.05) is 31.2 Å². The Bertz CT molecular complexity index is 341. The van der Waals surface area contributed by atoms with E-state index in [1.165, 1.54) is 7.11 Å². The molecule has 0 aliphatic carbocycles. The molecule has 1 aromatic rings. The van der Waals surface area contributed by atoms with E-state index >= 15 is 0 Å². The van der Waals surface area contributed by atoms with Crippen molar-refractivity contribution in [1.29, 1.82) is 0 Å². The highest BCUT2D eigenvalue weighted by Gasteiger charge is 2.11. The molecule has 0 fully saturated rings. The number of carbonyl (C=O) groups excluding carboxylic acids is 1. The van der Waals surface area contributed by atoms with Crippen LogP contribution in [0.5, 0.6) is 0 Å². The van der Waals surface area contributed by atoms with Crippen molar-refractivity contribution in [1.82, 2.24) is 0 Å². The molecule has 0 aliphatic rings. The first-order valence-electron chi connectivity index (χ1n) is 4.61. The summed E-state index contributed by atoms with van der Waals surface area (Å²) in [7, 11) is 1.41. The number of benzene rings is 1. The third kappa shape index (κ3) is 4.26. The summed E-state index contributed by atoms with van der Waals surface area (Å²) < 4.78 is 5.69. The van der Waals surface area contributed by atoms with E-state index in [2.05, 4.69) is 20.7 Å². The third-order valence-electron chi connectivity index (χ3n) is 1.85. The van der Waals surface area contributed by atoms with Crippen molar-refractivity contribution in [3.05, 3.63) is 28.7 Å². The molecule has 0 bridgehead atoms. The number of rotatable bonds is 4. The second-order valence-corrected chi connectivity index (χ2v) is 5.47. The minimum atomic E-state index is -0.165. The Labute approximate surface area is 103 Å². The Morgan fingerprint density at radius 3 is 2.80 bits per heavy atom. The van der Waals surface area contributed by atoms with Gasteiger partial charge < -0.3 is 4.74 Å². The van der Waals surface area contributed by atoms with Crippen molar-refractivity contribution in [3.8, 4) is 0 Å². The molecule has 1 unspecified atom stereocenters. The van der Waals surface area contributed by atoms with Gasteiger partial charge in [0.2, 0.25) is 0 Å². The van der Waals surface area contributed by atoms with Gasteiger partial charge in [0.15, 0.2) is 0 Å². The number of carbonyl (C=O) groups is 1. The van der Waals surface area contributed by atoms with Crippen molar-refractivity contribution in [2.75, 3.05) is 7.11 Å². The quantitative estimate of drug-likeness (QED) is 0.627. The summed E-state index contributed by atoms with van der Waals surface area (Å²) in [5, 5.41) is 0.219. The van der Waals surface area contributed by atoms with Crippen LogP contribution in [0.3, 0.4) is 0 Å². The lowest BCUT2D eigenvalue weighted by Crippen LogP contribution is -2.08. The Morgan fingerprint density at radius 1 is 1.53 bits per heavy atom. The molecule has 0 spiro atoms. The molecule has 0 saturated carbocycles. The predicted octanol–water partition coefficient (Wildman–Crippen LogP) is 3.49. The first-order valence-corrected chi connectivity index (χ1v) is 6.28. The summed E-state index contributed by atoms with van der Waals surface area (Å²) in [6.07, 6.45) is 0.433. The number of hydrogen-bond donors (Lipinski definition) is 0. The summed E-state index contributed by atoms with van der Waals surface area (Å²) in [6, 6.07) is 7.98. The molecule has 4 heteroatoms. The summed E-state index contributed by atoms with van der Waals surface area (Å²) in [6.45, 7) is 2.01. The smallest absolute Gasteiger partial charge is 0.306 e. The molecule has 15 heavy (non-hydrogen) atoms. The number of halogens is 1. The molecule has 0 heterocycles. The van der Waals surface area contributed by atoms with Gasteiger partial charge in [0.25, 0.3) is 0 Å². The van der Waals surface area contributed by atoms with Crippen LogP contribution in [0, 0.1) is 0 Å². The molecule has 0 aromatic heterocycles. The third-order valence-corrected chi connectivity index (χ3v) is 3.98. The lowest BCUT2D eigenvalue weighted by molar-refractivity contribution is -0.140. The average molecular weight is 289 g/mol. The van der Waals surface area contributed by atoms with Gasteiger partial charge >= 0.3 is 5.97 Å². The number of ether oxygens (including phenoxy) is 1. The van der Waals surface area contributed by atoms with Crippen molar-refractivity contribution in [3.63, 3.8) is 0 Å². The summed E-state index contributed by atoms with van der Waals surface area (Å²) >= 11 is 5.14. The summed E-state index contributed by atoms with van der Waals surface area (Å²) in [5.74, 6) is -0.165. The van der Waals surface area contributed by atoms with E-state index in [1.54, 1.807) is 11.8 Å². The SMILES string of the molecule is COC(=O)CC(C)Sc1ccccc1Br. The van der Waals surface area contributed by atoms with Gasteiger partial charge in [-0.2, -0.15) is 0 Å². The Morgan fingerprint density at radius 2 is 2.20 bits per heavy atom. The van der Waals surface area contributed by atoms with Crippen LogP contribution in [-0.2, 0) is 9.53 Å². The van der Waals surface area contributed by atoms with Crippen LogP contribution < -0.4 is 0 Å². The maximum atomic E-state index is 11.1. The standard InChI is InChI=1S/C11H13BrO2S/c1-8(7-11(13)14-2)15-10-6-4-3-5-9(10)12/h3-6,8H,7H2,1-2H3. The number of thioether (sulfide) groups is 1. The van der Waals surface area contributed by atoms with E-state index < -0.39 is 0 Å². The number of esters is 1. The largest absolute Gasteiger partial charge is 0.469 e. The minimum Gasteiger partial charge on any atom is -0.469 e. The van der Waals surface area contributed by atoms with Crippen LogP contribution in [0.25, 0.3) is 0 Å². The van der Waals surface area contributed by atoms with E-state index in [0.717, 1.165) is 9.37 Å². The Hall–Kier alpha value is -0.480. The summed E-state index contributed by atoms with van der Waals surface area (Å²) in [5.41, 5.74) is 0. The second kappa shape index (κ2) is 6.18. The molecule has 2 nitrogen and oxygen atoms in total. The molecule has 1 rings (SSSR count). The highest BCUT2D eigenvalue weighted by atomic mass is 79.9. The van der Waals surface area contributed by atoms with Gasteiger partial charge in [-0.1, -0.05) is 19.1 Å². The normalized spacial score (nSPS) is 12.2. The molecule has 0 N–H and O–H groups in total. The lowest BCUT2D eigenvalue weighted by Gasteiger charge is -2.10. The molecule has 0 aliphatic heterocycles. The van der Waals surface area contributed by atoms with Crippen LogP contribution in [-0.4, -0.2) is 18.3 Å². The van der Waals surface area contributed by atoms with E-state index in [9.17, 15) is 4.79 Å². The lowest BCUT2D eigenvalue weighted by atomic mass is 10.3. The molecule has 0 radical (unpaired) electrons. The maximum absolute atomic E-state index is 11.1. The van der Waals surface area contributed by atoms with Gasteiger partial charge in [0, 0.05) is 14.6 Å². The van der Waals surface area contributed by atoms with Crippen molar-refractivity contribution < 1.29 is 9.53 Å². The maximum Gasteiger partial charge on any atom is 0.306 e. The van der Waals surface area contributed by atoms with Crippen molar-refractivity contribution in [2.45, 2.75) is 23.5 Å². The van der Waals surface area contributed by atoms with Gasteiger partial charge in [-0.05, 0) is 28.1 Å². The molecule has 1 aromatic carbocycles. The van der Waals surface area contributed by atoms with E-state index in [4.69, 9.17) is 0 Å². The van der Waals surface area contributed by atoms with Gasteiger partial charge in [0.1, 0.15) is 0 Å². The molecule has 1 atom stereocenters. The fourth-order valence-electron chi connectivity index (χ4n) is 1.12. The van der Waals surface area contributed by atoms with E-state index in [0.29, 0.717) is 6.42 Å². The monoisotopic (exact) mass is 288 g/mol. The van der Waals surface area contributed by atoms with Crippen LogP contribution in [0.4, 0.5) is 0 Å². The molecular formula is C11H13BrO2S. The zero-order chi connectivity index (χ0) is 11.3. The highest BCUT2D eigenvalue weighted by molar-refractivity contribution is 9.10. The highest BCUT2D eigenvalue weighted by Crippen LogP contribution is 2.31. The Balaban J connectivity index is 2.55. The molecule has 0 saturated heterocycles. The average Bonchev–Trinajstić information content (AvgIpc) is 2.21. The van der Waals surface area contributed by atoms with Gasteiger partial charge in [-0.3, -0.25) is 4.79 Å². The summed E-state index contributed by atoms with van der Waals surface area (Å²) in [4.78, 5) is 12.2. The van der Waals surface area contributed by atoms with Crippen LogP contribution in [0.1, 0.15) is 13.3 Å². The second-order valence-electron chi connectivity index (χ2n) is 3.14. The molecule has 0 amide bonds. The number of methoxy groups -OCH3 is 1. The molecule has 82 valence electrons. The van der Waals surface area contributed by atoms with Gasteiger partial charge in [-0.25, -0.2) is 0 Å². The minimum absolute atomic E-state index is 0.165. The first-order chi connectivity index (χ1) is 7.13. The van der Waals surface area contributed by atoms with E-state index in [-0.39, 0.29) is 11.2 Å². The zero-order valence-electron chi connectivity index (χ0n) is 8.70. The number of hydrogen-bond acceptors (Lipinski definition) is 3. The van der Waals surface area contributed by atoms with Crippen LogP contribution in [0.15, 0.2) is 33.6 Å². The van der Waals surface area contributed by atoms with Gasteiger partial charge in [0.05, 0.1) is 13.5 Å². The topological polar surface area (TPSA) is 26.3 Å². The van der Waals surface area contributed by atoms with Gasteiger partial charge in [-0.15, -0.1) is 11.8 Å². The fraction of sp³-hybridized carbons (Fsp3) is 0.364. The zero-order valence-corrected chi connectivity index (χ0v) is 11.1. The predicted molar refractivity (Wildman–Crippen MR) is 66.1 cm³/mol. The first kappa shape index (κ1) is 12.6. The van der Waals surface area contributed by atoms with Crippen LogP contribution in [0.2, 0.25) is 0 Å².